The Morgan fingerprint density at radius 2 is 1.86 bits per heavy atom. The average molecular weight is 305 g/mol. The van der Waals surface area contributed by atoms with E-state index in [2.05, 4.69) is 36.1 Å². The number of hydrogen-bond acceptors (Lipinski definition) is 3. The number of nitrogens with zero attached hydrogens (tertiary/aromatic N) is 2. The highest BCUT2D eigenvalue weighted by atomic mass is 32.1. The van der Waals surface area contributed by atoms with Crippen LogP contribution in [0, 0.1) is 12.3 Å². The predicted molar refractivity (Wildman–Crippen MR) is 90.5 cm³/mol. The number of carbonyl (C=O) groups excluding carboxylic acids is 1. The van der Waals surface area contributed by atoms with Crippen molar-refractivity contribution in [1.82, 2.24) is 4.90 Å². The van der Waals surface area contributed by atoms with Gasteiger partial charge in [-0.15, -0.1) is 0 Å². The predicted octanol–water partition coefficient (Wildman–Crippen LogP) is 1.96. The Balaban J connectivity index is 2.01. The lowest BCUT2D eigenvalue weighted by Crippen LogP contribution is -2.54. The summed E-state index contributed by atoms with van der Waals surface area (Å²) in [7, 11) is 0. The van der Waals surface area contributed by atoms with E-state index in [0.29, 0.717) is 13.1 Å². The molecule has 1 aromatic rings. The SMILES string of the molecule is Cc1cccc(N2CCN(C(=O)C(C)(C)C(N)=S)CC2)c1. The second-order valence-corrected chi connectivity index (χ2v) is 6.55. The van der Waals surface area contributed by atoms with Crippen molar-refractivity contribution in [2.45, 2.75) is 20.8 Å². The highest BCUT2D eigenvalue weighted by Crippen LogP contribution is 2.22. The molecule has 5 heteroatoms. The number of piperazine rings is 1. The Kier molecular flexibility index (Phi) is 4.52. The minimum Gasteiger partial charge on any atom is -0.392 e. The highest BCUT2D eigenvalue weighted by molar-refractivity contribution is 7.80. The van der Waals surface area contributed by atoms with E-state index in [-0.39, 0.29) is 10.9 Å². The molecule has 1 fully saturated rings. The first-order chi connectivity index (χ1) is 9.82. The van der Waals surface area contributed by atoms with Crippen molar-refractivity contribution in [2.75, 3.05) is 31.1 Å². The van der Waals surface area contributed by atoms with Gasteiger partial charge in [0, 0.05) is 31.9 Å². The Hall–Kier alpha value is -1.62. The van der Waals surface area contributed by atoms with Crippen molar-refractivity contribution in [3.63, 3.8) is 0 Å². The molecule has 0 aromatic heterocycles. The van der Waals surface area contributed by atoms with Gasteiger partial charge >= 0.3 is 0 Å². The van der Waals surface area contributed by atoms with Gasteiger partial charge in [0.15, 0.2) is 0 Å². The fourth-order valence-electron chi connectivity index (χ4n) is 2.49. The third kappa shape index (κ3) is 3.35. The van der Waals surface area contributed by atoms with Crippen LogP contribution in [0.5, 0.6) is 0 Å². The Morgan fingerprint density at radius 3 is 2.38 bits per heavy atom. The quantitative estimate of drug-likeness (QED) is 0.867. The van der Waals surface area contributed by atoms with Gasteiger partial charge in [-0.05, 0) is 38.5 Å². The van der Waals surface area contributed by atoms with Gasteiger partial charge in [-0.1, -0.05) is 24.4 Å². The molecule has 1 amide bonds. The van der Waals surface area contributed by atoms with Gasteiger partial charge in [0.1, 0.15) is 0 Å². The van der Waals surface area contributed by atoms with Gasteiger partial charge in [-0.25, -0.2) is 0 Å². The fourth-order valence-corrected chi connectivity index (χ4v) is 2.58. The van der Waals surface area contributed by atoms with Crippen molar-refractivity contribution in [3.05, 3.63) is 29.8 Å². The molecule has 1 saturated heterocycles. The van der Waals surface area contributed by atoms with Crippen LogP contribution in [0.15, 0.2) is 24.3 Å². The van der Waals surface area contributed by atoms with Gasteiger partial charge in [-0.3, -0.25) is 4.79 Å². The first-order valence-electron chi connectivity index (χ1n) is 7.23. The van der Waals surface area contributed by atoms with Crippen LogP contribution >= 0.6 is 12.2 Å². The van der Waals surface area contributed by atoms with E-state index in [9.17, 15) is 4.79 Å². The maximum absolute atomic E-state index is 12.5. The Bertz CT molecular complexity index is 548. The zero-order chi connectivity index (χ0) is 15.6. The molecule has 0 atom stereocenters. The molecule has 0 spiro atoms. The molecule has 1 aromatic carbocycles. The number of aryl methyl sites for hydroxylation is 1. The van der Waals surface area contributed by atoms with Crippen LogP contribution in [0.25, 0.3) is 0 Å². The van der Waals surface area contributed by atoms with Crippen LogP contribution in [0.4, 0.5) is 5.69 Å². The second kappa shape index (κ2) is 6.02. The average Bonchev–Trinajstić information content (AvgIpc) is 2.46. The smallest absolute Gasteiger partial charge is 0.235 e. The monoisotopic (exact) mass is 305 g/mol. The van der Waals surface area contributed by atoms with E-state index in [0.717, 1.165) is 13.1 Å². The molecule has 21 heavy (non-hydrogen) atoms. The number of carbonyl (C=O) groups is 1. The molecule has 114 valence electrons. The van der Waals surface area contributed by atoms with Crippen LogP contribution in [-0.4, -0.2) is 42.0 Å². The van der Waals surface area contributed by atoms with E-state index < -0.39 is 5.41 Å². The molecular weight excluding hydrogens is 282 g/mol. The molecule has 2 N–H and O–H groups in total. The lowest BCUT2D eigenvalue weighted by molar-refractivity contribution is -0.137. The maximum atomic E-state index is 12.5. The normalized spacial score (nSPS) is 16.0. The molecule has 1 aliphatic heterocycles. The first-order valence-corrected chi connectivity index (χ1v) is 7.64. The Labute approximate surface area is 131 Å². The third-order valence-electron chi connectivity index (χ3n) is 4.08. The van der Waals surface area contributed by atoms with Crippen molar-refractivity contribution >= 4 is 28.8 Å². The molecule has 4 nitrogen and oxygen atoms in total. The van der Waals surface area contributed by atoms with E-state index in [1.807, 2.05) is 4.90 Å². The summed E-state index contributed by atoms with van der Waals surface area (Å²) in [6.45, 7) is 8.77. The van der Waals surface area contributed by atoms with Crippen molar-refractivity contribution in [2.24, 2.45) is 11.1 Å². The zero-order valence-corrected chi connectivity index (χ0v) is 13.7. The molecule has 0 unspecified atom stereocenters. The molecule has 0 bridgehead atoms. The number of anilines is 1. The van der Waals surface area contributed by atoms with Crippen molar-refractivity contribution in [3.8, 4) is 0 Å². The maximum Gasteiger partial charge on any atom is 0.235 e. The minimum atomic E-state index is -0.763. The summed E-state index contributed by atoms with van der Waals surface area (Å²) in [5, 5.41) is 0. The molecule has 1 heterocycles. The molecule has 1 aliphatic rings. The standard InChI is InChI=1S/C16H23N3OS/c1-12-5-4-6-13(11-12)18-7-9-19(10-8-18)15(20)16(2,3)14(17)21/h4-6,11H,7-10H2,1-3H3,(H2,17,21). The largest absolute Gasteiger partial charge is 0.392 e. The number of rotatable bonds is 3. The lowest BCUT2D eigenvalue weighted by Gasteiger charge is -2.39. The highest BCUT2D eigenvalue weighted by Gasteiger charge is 2.36. The number of amides is 1. The van der Waals surface area contributed by atoms with Crippen LogP contribution in [0.2, 0.25) is 0 Å². The number of nitrogens with two attached hydrogens (primary N) is 1. The molecule has 2 rings (SSSR count). The van der Waals surface area contributed by atoms with Gasteiger partial charge in [0.25, 0.3) is 0 Å². The number of benzene rings is 1. The van der Waals surface area contributed by atoms with Crippen molar-refractivity contribution in [1.29, 1.82) is 0 Å². The van der Waals surface area contributed by atoms with E-state index in [1.54, 1.807) is 13.8 Å². The number of hydrogen-bond donors (Lipinski definition) is 1. The first kappa shape index (κ1) is 15.8. The number of thiocarbonyl (C=S) groups is 1. The fraction of sp³-hybridized carbons (Fsp3) is 0.500. The summed E-state index contributed by atoms with van der Waals surface area (Å²) in [5.41, 5.74) is 7.39. The van der Waals surface area contributed by atoms with Gasteiger partial charge in [0.05, 0.1) is 10.4 Å². The topological polar surface area (TPSA) is 49.6 Å². The second-order valence-electron chi connectivity index (χ2n) is 6.11. The summed E-state index contributed by atoms with van der Waals surface area (Å²) in [5.74, 6) is 0.0268. The summed E-state index contributed by atoms with van der Waals surface area (Å²) in [4.78, 5) is 16.9. The zero-order valence-electron chi connectivity index (χ0n) is 12.9. The molecule has 0 radical (unpaired) electrons. The Morgan fingerprint density at radius 1 is 1.24 bits per heavy atom. The van der Waals surface area contributed by atoms with E-state index in [1.165, 1.54) is 11.3 Å². The third-order valence-corrected chi connectivity index (χ3v) is 4.59. The van der Waals surface area contributed by atoms with Crippen LogP contribution in [-0.2, 0) is 4.79 Å². The summed E-state index contributed by atoms with van der Waals surface area (Å²) in [6.07, 6.45) is 0. The van der Waals surface area contributed by atoms with Crippen molar-refractivity contribution < 1.29 is 4.79 Å². The van der Waals surface area contributed by atoms with Gasteiger partial charge < -0.3 is 15.5 Å². The van der Waals surface area contributed by atoms with E-state index in [4.69, 9.17) is 18.0 Å². The minimum absolute atomic E-state index is 0.0268. The molecular formula is C16H23N3OS. The summed E-state index contributed by atoms with van der Waals surface area (Å²) in [6, 6.07) is 8.45. The van der Waals surface area contributed by atoms with Gasteiger partial charge in [0.2, 0.25) is 5.91 Å². The van der Waals surface area contributed by atoms with Gasteiger partial charge in [-0.2, -0.15) is 0 Å². The summed E-state index contributed by atoms with van der Waals surface area (Å²) < 4.78 is 0. The summed E-state index contributed by atoms with van der Waals surface area (Å²) >= 11 is 5.01. The van der Waals surface area contributed by atoms with Crippen LogP contribution < -0.4 is 10.6 Å². The molecule has 0 aliphatic carbocycles. The van der Waals surface area contributed by atoms with Crippen LogP contribution in [0.1, 0.15) is 19.4 Å². The lowest BCUT2D eigenvalue weighted by atomic mass is 9.91. The van der Waals surface area contributed by atoms with Crippen LogP contribution in [0.3, 0.4) is 0 Å². The molecule has 0 saturated carbocycles. The van der Waals surface area contributed by atoms with E-state index >= 15 is 0 Å².